The number of rotatable bonds is 3. The number of allylic oxidation sites excluding steroid dienone is 1. The Labute approximate surface area is 111 Å². The molecule has 0 atom stereocenters. The van der Waals surface area contributed by atoms with E-state index in [1.165, 1.54) is 30.3 Å². The molecular weight excluding hydrogens is 303 g/mol. The molecule has 0 saturated carbocycles. The van der Waals surface area contributed by atoms with Gasteiger partial charge in [-0.3, -0.25) is 4.79 Å². The molecule has 1 heterocycles. The van der Waals surface area contributed by atoms with Gasteiger partial charge in [0.2, 0.25) is 0 Å². The molecular formula is C13H8BrFOS. The van der Waals surface area contributed by atoms with Crippen molar-refractivity contribution < 1.29 is 9.18 Å². The van der Waals surface area contributed by atoms with Crippen molar-refractivity contribution in [3.63, 3.8) is 0 Å². The fraction of sp³-hybridized carbons (Fsp3) is 0. The summed E-state index contributed by atoms with van der Waals surface area (Å²) in [7, 11) is 0. The predicted octanol–water partition coefficient (Wildman–Crippen LogP) is 4.55. The van der Waals surface area contributed by atoms with Gasteiger partial charge in [0.15, 0.2) is 5.78 Å². The molecule has 0 N–H and O–H groups in total. The summed E-state index contributed by atoms with van der Waals surface area (Å²) in [5, 5.41) is 1.94. The Bertz CT molecular complexity index is 557. The van der Waals surface area contributed by atoms with Crippen LogP contribution >= 0.6 is 27.3 Å². The molecule has 0 aliphatic carbocycles. The lowest BCUT2D eigenvalue weighted by Gasteiger charge is -1.94. The van der Waals surface area contributed by atoms with Crippen LogP contribution in [0.3, 0.4) is 0 Å². The summed E-state index contributed by atoms with van der Waals surface area (Å²) in [6.07, 6.45) is 3.23. The Hall–Kier alpha value is -1.26. The van der Waals surface area contributed by atoms with Crippen molar-refractivity contribution >= 4 is 39.1 Å². The highest BCUT2D eigenvalue weighted by atomic mass is 79.9. The second-order valence-electron chi connectivity index (χ2n) is 3.39. The second kappa shape index (κ2) is 5.38. The van der Waals surface area contributed by atoms with E-state index in [-0.39, 0.29) is 11.6 Å². The second-order valence-corrected chi connectivity index (χ2v) is 5.68. The van der Waals surface area contributed by atoms with E-state index in [9.17, 15) is 9.18 Å². The third-order valence-corrected chi connectivity index (χ3v) is 3.67. The molecule has 0 spiro atoms. The molecule has 0 radical (unpaired) electrons. The van der Waals surface area contributed by atoms with Crippen LogP contribution in [0.4, 0.5) is 4.39 Å². The molecule has 2 aromatic rings. The van der Waals surface area contributed by atoms with Crippen molar-refractivity contribution in [1.82, 2.24) is 0 Å². The van der Waals surface area contributed by atoms with Crippen LogP contribution in [-0.2, 0) is 0 Å². The van der Waals surface area contributed by atoms with Crippen molar-refractivity contribution in [3.05, 3.63) is 62.5 Å². The first-order chi connectivity index (χ1) is 8.15. The lowest BCUT2D eigenvalue weighted by molar-refractivity contribution is 0.104. The highest BCUT2D eigenvalue weighted by Crippen LogP contribution is 2.21. The van der Waals surface area contributed by atoms with Crippen LogP contribution in [0.5, 0.6) is 0 Å². The van der Waals surface area contributed by atoms with Gasteiger partial charge in [-0.05, 0) is 63.3 Å². The third-order valence-electron chi connectivity index (χ3n) is 2.14. The van der Waals surface area contributed by atoms with Gasteiger partial charge in [-0.1, -0.05) is 6.08 Å². The molecule has 0 aliphatic heterocycles. The SMILES string of the molecule is O=C(/C=C/c1csc(Br)c1)c1ccc(F)cc1. The number of hydrogen-bond donors (Lipinski definition) is 0. The molecule has 0 fully saturated rings. The van der Waals surface area contributed by atoms with Gasteiger partial charge in [0.1, 0.15) is 5.82 Å². The van der Waals surface area contributed by atoms with E-state index in [2.05, 4.69) is 15.9 Å². The maximum Gasteiger partial charge on any atom is 0.185 e. The highest BCUT2D eigenvalue weighted by molar-refractivity contribution is 9.11. The van der Waals surface area contributed by atoms with Crippen molar-refractivity contribution in [3.8, 4) is 0 Å². The van der Waals surface area contributed by atoms with Gasteiger partial charge in [0.25, 0.3) is 0 Å². The molecule has 0 bridgehead atoms. The Kier molecular flexibility index (Phi) is 3.86. The molecule has 0 aliphatic rings. The van der Waals surface area contributed by atoms with Gasteiger partial charge in [0, 0.05) is 5.56 Å². The topological polar surface area (TPSA) is 17.1 Å². The van der Waals surface area contributed by atoms with Crippen LogP contribution in [0.2, 0.25) is 0 Å². The molecule has 4 heteroatoms. The summed E-state index contributed by atoms with van der Waals surface area (Å²) >= 11 is 4.91. The lowest BCUT2D eigenvalue weighted by Crippen LogP contribution is -1.93. The van der Waals surface area contributed by atoms with Crippen LogP contribution in [0.25, 0.3) is 6.08 Å². The minimum Gasteiger partial charge on any atom is -0.289 e. The van der Waals surface area contributed by atoms with Gasteiger partial charge in [-0.15, -0.1) is 11.3 Å². The van der Waals surface area contributed by atoms with Crippen molar-refractivity contribution in [2.24, 2.45) is 0 Å². The number of carbonyl (C=O) groups is 1. The number of ketones is 1. The summed E-state index contributed by atoms with van der Waals surface area (Å²) in [5.74, 6) is -0.473. The minimum atomic E-state index is -0.340. The first-order valence-corrected chi connectivity index (χ1v) is 6.54. The van der Waals surface area contributed by atoms with E-state index < -0.39 is 0 Å². The molecule has 1 nitrogen and oxygen atoms in total. The van der Waals surface area contributed by atoms with Crippen molar-refractivity contribution in [2.75, 3.05) is 0 Å². The minimum absolute atomic E-state index is 0.132. The monoisotopic (exact) mass is 310 g/mol. The molecule has 0 saturated heterocycles. The van der Waals surface area contributed by atoms with Crippen LogP contribution in [0.1, 0.15) is 15.9 Å². The van der Waals surface area contributed by atoms with Gasteiger partial charge >= 0.3 is 0 Å². The fourth-order valence-electron chi connectivity index (χ4n) is 1.29. The average Bonchev–Trinajstić information content (AvgIpc) is 2.73. The molecule has 1 aromatic heterocycles. The zero-order chi connectivity index (χ0) is 12.3. The maximum atomic E-state index is 12.7. The first-order valence-electron chi connectivity index (χ1n) is 4.87. The molecule has 86 valence electrons. The highest BCUT2D eigenvalue weighted by Gasteiger charge is 2.01. The molecule has 0 unspecified atom stereocenters. The Balaban J connectivity index is 2.11. The van der Waals surface area contributed by atoms with E-state index in [1.54, 1.807) is 17.4 Å². The van der Waals surface area contributed by atoms with Gasteiger partial charge in [-0.2, -0.15) is 0 Å². The molecule has 0 amide bonds. The van der Waals surface area contributed by atoms with Gasteiger partial charge in [0.05, 0.1) is 3.79 Å². The first kappa shape index (κ1) is 12.2. The van der Waals surface area contributed by atoms with Crippen LogP contribution in [0, 0.1) is 5.82 Å². The largest absolute Gasteiger partial charge is 0.289 e. The summed E-state index contributed by atoms with van der Waals surface area (Å²) in [6.45, 7) is 0. The summed E-state index contributed by atoms with van der Waals surface area (Å²) in [6, 6.07) is 7.45. The Morgan fingerprint density at radius 3 is 2.59 bits per heavy atom. The van der Waals surface area contributed by atoms with Crippen LogP contribution in [0.15, 0.2) is 45.6 Å². The Morgan fingerprint density at radius 1 is 1.29 bits per heavy atom. The number of carbonyl (C=O) groups excluding carboxylic acids is 1. The smallest absolute Gasteiger partial charge is 0.185 e. The lowest BCUT2D eigenvalue weighted by atomic mass is 10.1. The van der Waals surface area contributed by atoms with Gasteiger partial charge < -0.3 is 0 Å². The van der Waals surface area contributed by atoms with E-state index in [1.807, 2.05) is 11.4 Å². The number of benzene rings is 1. The van der Waals surface area contributed by atoms with Crippen LogP contribution in [-0.4, -0.2) is 5.78 Å². The molecule has 17 heavy (non-hydrogen) atoms. The standard InChI is InChI=1S/C13H8BrFOS/c14-13-7-9(8-17-13)1-6-12(16)10-2-4-11(15)5-3-10/h1-8H/b6-1+. The summed E-state index contributed by atoms with van der Waals surface area (Å²) in [5.41, 5.74) is 1.45. The predicted molar refractivity (Wildman–Crippen MR) is 71.8 cm³/mol. The van der Waals surface area contributed by atoms with Crippen LogP contribution < -0.4 is 0 Å². The zero-order valence-corrected chi connectivity index (χ0v) is 11.1. The molecule has 1 aromatic carbocycles. The Morgan fingerprint density at radius 2 is 2.00 bits per heavy atom. The zero-order valence-electron chi connectivity index (χ0n) is 8.69. The van der Waals surface area contributed by atoms with E-state index in [4.69, 9.17) is 0 Å². The molecule has 2 rings (SSSR count). The van der Waals surface area contributed by atoms with Gasteiger partial charge in [-0.25, -0.2) is 4.39 Å². The quantitative estimate of drug-likeness (QED) is 0.600. The number of halogens is 2. The van der Waals surface area contributed by atoms with E-state index in [0.29, 0.717) is 5.56 Å². The maximum absolute atomic E-state index is 12.7. The number of hydrogen-bond acceptors (Lipinski definition) is 2. The average molecular weight is 311 g/mol. The van der Waals surface area contributed by atoms with Crippen molar-refractivity contribution in [1.29, 1.82) is 0 Å². The van der Waals surface area contributed by atoms with E-state index >= 15 is 0 Å². The summed E-state index contributed by atoms with van der Waals surface area (Å²) in [4.78, 5) is 11.7. The van der Waals surface area contributed by atoms with E-state index in [0.717, 1.165) is 9.35 Å². The fourth-order valence-corrected chi connectivity index (χ4v) is 2.44. The number of thiophene rings is 1. The third kappa shape index (κ3) is 3.35. The normalized spacial score (nSPS) is 10.9. The van der Waals surface area contributed by atoms with Crippen molar-refractivity contribution in [2.45, 2.75) is 0 Å². The summed E-state index contributed by atoms with van der Waals surface area (Å²) < 4.78 is 13.7.